The average Bonchev–Trinajstić information content (AvgIpc) is 3.18. The lowest BCUT2D eigenvalue weighted by atomic mass is 10.0. The van der Waals surface area contributed by atoms with Crippen molar-refractivity contribution in [3.05, 3.63) is 58.1 Å². The van der Waals surface area contributed by atoms with Crippen LogP contribution in [0.2, 0.25) is 0 Å². The van der Waals surface area contributed by atoms with Crippen LogP contribution in [-0.4, -0.2) is 48.4 Å². The van der Waals surface area contributed by atoms with E-state index in [1.807, 2.05) is 6.92 Å². The molecule has 0 radical (unpaired) electrons. The van der Waals surface area contributed by atoms with Gasteiger partial charge in [-0.25, -0.2) is 0 Å². The Bertz CT molecular complexity index is 1040. The molecule has 0 spiro atoms. The number of carbonyl (C=O) groups excluding carboxylic acids is 2. The number of fused-ring (bicyclic) bond motifs is 1. The van der Waals surface area contributed by atoms with Crippen molar-refractivity contribution in [3.8, 4) is 11.5 Å². The minimum atomic E-state index is -0.494. The molecule has 0 N–H and O–H groups in total. The molecule has 31 heavy (non-hydrogen) atoms. The second-order valence-electron chi connectivity index (χ2n) is 7.71. The molecule has 0 aliphatic carbocycles. The summed E-state index contributed by atoms with van der Waals surface area (Å²) in [6.45, 7) is 3.02. The van der Waals surface area contributed by atoms with Crippen LogP contribution in [0.5, 0.6) is 11.5 Å². The summed E-state index contributed by atoms with van der Waals surface area (Å²) in [5.41, 5.74) is 1.31. The fraction of sp³-hybridized carbons (Fsp3) is 0.364. The maximum absolute atomic E-state index is 13.1. The van der Waals surface area contributed by atoms with Gasteiger partial charge >= 0.3 is 0 Å². The third kappa shape index (κ3) is 4.03. The fourth-order valence-electron chi connectivity index (χ4n) is 3.92. The Hall–Kier alpha value is -3.62. The monoisotopic (exact) mass is 425 g/mol. The number of nitro benzene ring substituents is 1. The van der Waals surface area contributed by atoms with E-state index in [-0.39, 0.29) is 36.5 Å². The number of hydrogen-bond donors (Lipinski definition) is 0. The second-order valence-corrected chi connectivity index (χ2v) is 7.71. The molecule has 2 aliphatic heterocycles. The van der Waals surface area contributed by atoms with Crippen LogP contribution >= 0.6 is 0 Å². The van der Waals surface area contributed by atoms with Crippen molar-refractivity contribution in [1.82, 2.24) is 4.90 Å². The number of ether oxygens (including phenoxy) is 2. The quantitative estimate of drug-likeness (QED) is 0.539. The number of benzene rings is 2. The van der Waals surface area contributed by atoms with Gasteiger partial charge in [-0.2, -0.15) is 0 Å². The minimum Gasteiger partial charge on any atom is -0.486 e. The first kappa shape index (κ1) is 20.6. The minimum absolute atomic E-state index is 0.0222. The lowest BCUT2D eigenvalue weighted by Gasteiger charge is -2.28. The first-order chi connectivity index (χ1) is 14.8. The van der Waals surface area contributed by atoms with Gasteiger partial charge in [-0.05, 0) is 24.6 Å². The van der Waals surface area contributed by atoms with Crippen molar-refractivity contribution in [3.63, 3.8) is 0 Å². The molecule has 2 heterocycles. The summed E-state index contributed by atoms with van der Waals surface area (Å²) in [7, 11) is 1.66. The normalized spacial score (nSPS) is 18.6. The summed E-state index contributed by atoms with van der Waals surface area (Å²) in [6, 6.07) is 11.2. The van der Waals surface area contributed by atoms with Crippen LogP contribution in [-0.2, 0) is 9.59 Å². The molecular formula is C22H23N3O6. The van der Waals surface area contributed by atoms with Gasteiger partial charge in [-0.1, -0.05) is 12.1 Å². The summed E-state index contributed by atoms with van der Waals surface area (Å²) in [6.07, 6.45) is 0.110. The van der Waals surface area contributed by atoms with E-state index in [1.165, 1.54) is 12.1 Å². The zero-order valence-electron chi connectivity index (χ0n) is 17.3. The molecule has 2 amide bonds. The number of rotatable bonds is 5. The van der Waals surface area contributed by atoms with E-state index in [2.05, 4.69) is 0 Å². The Labute approximate surface area is 179 Å². The summed E-state index contributed by atoms with van der Waals surface area (Å²) >= 11 is 0. The molecule has 1 fully saturated rings. The Morgan fingerprint density at radius 1 is 1.19 bits per heavy atom. The summed E-state index contributed by atoms with van der Waals surface area (Å²) in [4.78, 5) is 39.5. The molecule has 2 aliphatic rings. The third-order valence-corrected chi connectivity index (χ3v) is 5.80. The molecule has 2 atom stereocenters. The van der Waals surface area contributed by atoms with E-state index in [9.17, 15) is 19.7 Å². The molecule has 162 valence electrons. The van der Waals surface area contributed by atoms with Gasteiger partial charge < -0.3 is 19.3 Å². The number of anilines is 1. The molecule has 9 nitrogen and oxygen atoms in total. The highest BCUT2D eigenvalue weighted by molar-refractivity contribution is 6.00. The molecule has 9 heteroatoms. The van der Waals surface area contributed by atoms with Gasteiger partial charge in [-0.15, -0.1) is 0 Å². The van der Waals surface area contributed by atoms with Crippen LogP contribution in [0.15, 0.2) is 42.5 Å². The molecule has 0 unspecified atom stereocenters. The predicted octanol–water partition coefficient (Wildman–Crippen LogP) is 2.94. The number of non-ortho nitro benzene ring substituents is 1. The zero-order valence-corrected chi connectivity index (χ0v) is 17.3. The number of hydrogen-bond acceptors (Lipinski definition) is 6. The fourth-order valence-corrected chi connectivity index (χ4v) is 3.92. The van der Waals surface area contributed by atoms with Crippen molar-refractivity contribution >= 4 is 23.2 Å². The van der Waals surface area contributed by atoms with Crippen LogP contribution in [0.25, 0.3) is 0 Å². The Kier molecular flexibility index (Phi) is 5.50. The summed E-state index contributed by atoms with van der Waals surface area (Å²) in [5, 5.41) is 11.1. The Morgan fingerprint density at radius 2 is 1.94 bits per heavy atom. The maximum Gasteiger partial charge on any atom is 0.269 e. The lowest BCUT2D eigenvalue weighted by Crippen LogP contribution is -2.36. The van der Waals surface area contributed by atoms with Gasteiger partial charge in [-0.3, -0.25) is 19.7 Å². The largest absolute Gasteiger partial charge is 0.486 e. The molecule has 0 bridgehead atoms. The van der Waals surface area contributed by atoms with Gasteiger partial charge in [0.1, 0.15) is 13.2 Å². The highest BCUT2D eigenvalue weighted by Crippen LogP contribution is 2.36. The van der Waals surface area contributed by atoms with Gasteiger partial charge in [0.05, 0.1) is 16.9 Å². The van der Waals surface area contributed by atoms with Gasteiger partial charge in [0, 0.05) is 43.9 Å². The Balaban J connectivity index is 1.47. The van der Waals surface area contributed by atoms with Crippen LogP contribution < -0.4 is 14.4 Å². The maximum atomic E-state index is 13.1. The van der Waals surface area contributed by atoms with E-state index in [0.29, 0.717) is 36.0 Å². The third-order valence-electron chi connectivity index (χ3n) is 5.80. The van der Waals surface area contributed by atoms with Crippen molar-refractivity contribution in [1.29, 1.82) is 0 Å². The highest BCUT2D eigenvalue weighted by atomic mass is 16.6. The first-order valence-corrected chi connectivity index (χ1v) is 10.1. The first-order valence-electron chi connectivity index (χ1n) is 10.1. The number of amides is 2. The summed E-state index contributed by atoms with van der Waals surface area (Å²) < 4.78 is 11.1. The van der Waals surface area contributed by atoms with Crippen LogP contribution in [0.4, 0.5) is 11.4 Å². The Morgan fingerprint density at radius 3 is 2.68 bits per heavy atom. The summed E-state index contributed by atoms with van der Waals surface area (Å²) in [5.74, 6) is 0.424. The van der Waals surface area contributed by atoms with Gasteiger partial charge in [0.2, 0.25) is 11.8 Å². The van der Waals surface area contributed by atoms with E-state index in [1.54, 1.807) is 47.2 Å². The SMILES string of the molecule is C[C@@H](c1cccc([N+](=O)[O-])c1)N(C)C(=O)[C@@H]1CC(=O)N(c2ccc3c(c2)OCCO3)C1. The van der Waals surface area contributed by atoms with Crippen molar-refractivity contribution in [2.75, 3.05) is 31.7 Å². The molecule has 0 aromatic heterocycles. The number of nitro groups is 1. The van der Waals surface area contributed by atoms with E-state index in [4.69, 9.17) is 9.47 Å². The molecule has 1 saturated heterocycles. The second kappa shape index (κ2) is 8.25. The molecular weight excluding hydrogens is 402 g/mol. The van der Waals surface area contributed by atoms with Crippen molar-refractivity contribution in [2.45, 2.75) is 19.4 Å². The van der Waals surface area contributed by atoms with Crippen molar-refractivity contribution < 1.29 is 24.0 Å². The van der Waals surface area contributed by atoms with E-state index < -0.39 is 10.8 Å². The highest BCUT2D eigenvalue weighted by Gasteiger charge is 2.38. The van der Waals surface area contributed by atoms with E-state index in [0.717, 1.165) is 0 Å². The smallest absolute Gasteiger partial charge is 0.269 e. The van der Waals surface area contributed by atoms with Crippen LogP contribution in [0.1, 0.15) is 24.9 Å². The number of carbonyl (C=O) groups is 2. The van der Waals surface area contributed by atoms with Crippen LogP contribution in [0.3, 0.4) is 0 Å². The van der Waals surface area contributed by atoms with Gasteiger partial charge in [0.15, 0.2) is 11.5 Å². The van der Waals surface area contributed by atoms with Crippen LogP contribution in [0, 0.1) is 16.0 Å². The molecule has 2 aromatic carbocycles. The van der Waals surface area contributed by atoms with Gasteiger partial charge in [0.25, 0.3) is 5.69 Å². The molecule has 2 aromatic rings. The topological polar surface area (TPSA) is 102 Å². The van der Waals surface area contributed by atoms with Crippen molar-refractivity contribution in [2.24, 2.45) is 5.92 Å². The number of nitrogens with zero attached hydrogens (tertiary/aromatic N) is 3. The lowest BCUT2D eigenvalue weighted by molar-refractivity contribution is -0.384. The molecule has 0 saturated carbocycles. The predicted molar refractivity (Wildman–Crippen MR) is 112 cm³/mol. The molecule has 4 rings (SSSR count). The van der Waals surface area contributed by atoms with E-state index >= 15 is 0 Å². The zero-order chi connectivity index (χ0) is 22.1. The average molecular weight is 425 g/mol. The standard InChI is InChI=1S/C22H23N3O6/c1-14(15-4-3-5-18(10-15)25(28)29)23(2)22(27)16-11-21(26)24(13-16)17-6-7-19-20(12-17)31-9-8-30-19/h3-7,10,12,14,16H,8-9,11,13H2,1-2H3/t14-,16+/m0/s1.